The first-order valence-electron chi connectivity index (χ1n) is 6.02. The number of aromatic nitrogens is 1. The van der Waals surface area contributed by atoms with Crippen LogP contribution in [0.2, 0.25) is 0 Å². The lowest BCUT2D eigenvalue weighted by Gasteiger charge is -2.17. The lowest BCUT2D eigenvalue weighted by molar-refractivity contribution is -0.116. The molecule has 19 heavy (non-hydrogen) atoms. The van der Waals surface area contributed by atoms with Gasteiger partial charge in [-0.1, -0.05) is 0 Å². The second-order valence-corrected chi connectivity index (χ2v) is 4.38. The van der Waals surface area contributed by atoms with Crippen LogP contribution in [0.15, 0.2) is 36.7 Å². The summed E-state index contributed by atoms with van der Waals surface area (Å²) in [6, 6.07) is 7.30. The molecule has 0 unspecified atom stereocenters. The van der Waals surface area contributed by atoms with E-state index in [1.807, 2.05) is 18.2 Å². The fraction of sp³-hybridized carbons (Fsp3) is 0.143. The minimum atomic E-state index is 0.0551. The molecule has 0 atom stereocenters. The van der Waals surface area contributed by atoms with Gasteiger partial charge in [0, 0.05) is 24.4 Å². The van der Waals surface area contributed by atoms with Gasteiger partial charge in [0.2, 0.25) is 5.91 Å². The molecule has 1 aliphatic heterocycles. The minimum absolute atomic E-state index is 0.0551. The summed E-state index contributed by atoms with van der Waals surface area (Å²) in [7, 11) is 0. The van der Waals surface area contributed by atoms with Crippen LogP contribution in [-0.4, -0.2) is 10.9 Å². The summed E-state index contributed by atoms with van der Waals surface area (Å²) >= 11 is 0. The molecule has 0 spiro atoms. The maximum absolute atomic E-state index is 11.3. The highest BCUT2D eigenvalue weighted by Crippen LogP contribution is 2.31. The van der Waals surface area contributed by atoms with Crippen LogP contribution >= 0.6 is 0 Å². The first-order chi connectivity index (χ1) is 9.22. The lowest BCUT2D eigenvalue weighted by Crippen LogP contribution is -2.18. The van der Waals surface area contributed by atoms with Gasteiger partial charge in [0.05, 0.1) is 11.9 Å². The zero-order valence-corrected chi connectivity index (χ0v) is 10.2. The third kappa shape index (κ3) is 2.35. The molecule has 0 saturated carbocycles. The van der Waals surface area contributed by atoms with Crippen molar-refractivity contribution in [1.29, 1.82) is 0 Å². The van der Waals surface area contributed by atoms with Crippen molar-refractivity contribution in [3.8, 4) is 11.5 Å². The van der Waals surface area contributed by atoms with E-state index >= 15 is 0 Å². The first kappa shape index (κ1) is 11.5. The normalized spacial score (nSPS) is 13.6. The number of hydrogen-bond donors (Lipinski definition) is 2. The number of ether oxygens (including phenoxy) is 1. The van der Waals surface area contributed by atoms with Gasteiger partial charge in [0.25, 0.3) is 0 Å². The molecule has 1 aromatic heterocycles. The summed E-state index contributed by atoms with van der Waals surface area (Å²) in [5.41, 5.74) is 8.20. The average molecular weight is 255 g/mol. The fourth-order valence-corrected chi connectivity index (χ4v) is 2.04. The van der Waals surface area contributed by atoms with E-state index in [1.54, 1.807) is 18.5 Å². The number of aryl methyl sites for hydroxylation is 1. The molecule has 0 aliphatic carbocycles. The quantitative estimate of drug-likeness (QED) is 0.863. The van der Waals surface area contributed by atoms with Crippen molar-refractivity contribution in [2.75, 3.05) is 11.1 Å². The fourth-order valence-electron chi connectivity index (χ4n) is 2.04. The molecule has 0 saturated heterocycles. The summed E-state index contributed by atoms with van der Waals surface area (Å²) in [6.45, 7) is 0. The molecule has 2 aromatic rings. The van der Waals surface area contributed by atoms with E-state index in [2.05, 4.69) is 10.3 Å². The Labute approximate surface area is 110 Å². The summed E-state index contributed by atoms with van der Waals surface area (Å²) in [5.74, 6) is 1.34. The molecular formula is C14H13N3O2. The number of hydrogen-bond acceptors (Lipinski definition) is 4. The Morgan fingerprint density at radius 3 is 3.00 bits per heavy atom. The van der Waals surface area contributed by atoms with Crippen LogP contribution in [0.5, 0.6) is 11.5 Å². The van der Waals surface area contributed by atoms with E-state index in [-0.39, 0.29) is 5.91 Å². The topological polar surface area (TPSA) is 77.2 Å². The van der Waals surface area contributed by atoms with E-state index in [9.17, 15) is 4.79 Å². The van der Waals surface area contributed by atoms with Gasteiger partial charge < -0.3 is 15.8 Å². The number of pyridine rings is 1. The number of fused-ring (bicyclic) bond motifs is 1. The van der Waals surface area contributed by atoms with E-state index < -0.39 is 0 Å². The Morgan fingerprint density at radius 1 is 1.26 bits per heavy atom. The SMILES string of the molecule is Nc1cnccc1Oc1ccc2c(c1)CCC(=O)N2. The van der Waals surface area contributed by atoms with Crippen molar-refractivity contribution < 1.29 is 9.53 Å². The van der Waals surface area contributed by atoms with Crippen LogP contribution in [0.4, 0.5) is 11.4 Å². The predicted octanol–water partition coefficient (Wildman–Crippen LogP) is 2.34. The molecule has 0 radical (unpaired) electrons. The number of nitrogens with zero attached hydrogens (tertiary/aromatic N) is 1. The molecule has 1 amide bonds. The number of rotatable bonds is 2. The first-order valence-corrected chi connectivity index (χ1v) is 6.02. The van der Waals surface area contributed by atoms with Crippen molar-refractivity contribution in [2.24, 2.45) is 0 Å². The maximum atomic E-state index is 11.3. The number of carbonyl (C=O) groups is 1. The van der Waals surface area contributed by atoms with Crippen LogP contribution in [0, 0.1) is 0 Å². The van der Waals surface area contributed by atoms with Crippen LogP contribution in [-0.2, 0) is 11.2 Å². The molecule has 3 N–H and O–H groups in total. The molecule has 3 rings (SSSR count). The van der Waals surface area contributed by atoms with Crippen LogP contribution in [0.1, 0.15) is 12.0 Å². The zero-order valence-electron chi connectivity index (χ0n) is 10.2. The maximum Gasteiger partial charge on any atom is 0.224 e. The predicted molar refractivity (Wildman–Crippen MR) is 72.1 cm³/mol. The van der Waals surface area contributed by atoms with Gasteiger partial charge in [-0.2, -0.15) is 0 Å². The van der Waals surface area contributed by atoms with Gasteiger partial charge in [0.1, 0.15) is 5.75 Å². The van der Waals surface area contributed by atoms with Crippen molar-refractivity contribution in [2.45, 2.75) is 12.8 Å². The number of anilines is 2. The minimum Gasteiger partial charge on any atom is -0.455 e. The monoisotopic (exact) mass is 255 g/mol. The van der Waals surface area contributed by atoms with Crippen LogP contribution < -0.4 is 15.8 Å². The number of nitrogens with two attached hydrogens (primary N) is 1. The van der Waals surface area contributed by atoms with Gasteiger partial charge >= 0.3 is 0 Å². The molecule has 1 aromatic carbocycles. The van der Waals surface area contributed by atoms with Crippen molar-refractivity contribution >= 4 is 17.3 Å². The summed E-state index contributed by atoms with van der Waals surface area (Å²) < 4.78 is 5.72. The highest BCUT2D eigenvalue weighted by molar-refractivity contribution is 5.94. The Bertz CT molecular complexity index is 640. The lowest BCUT2D eigenvalue weighted by atomic mass is 10.0. The van der Waals surface area contributed by atoms with Gasteiger partial charge in [-0.25, -0.2) is 0 Å². The number of amides is 1. The number of benzene rings is 1. The Kier molecular flexibility index (Phi) is 2.79. The van der Waals surface area contributed by atoms with Gasteiger partial charge in [-0.15, -0.1) is 0 Å². The molecule has 96 valence electrons. The zero-order chi connectivity index (χ0) is 13.2. The van der Waals surface area contributed by atoms with E-state index in [0.29, 0.717) is 23.6 Å². The highest BCUT2D eigenvalue weighted by atomic mass is 16.5. The molecular weight excluding hydrogens is 242 g/mol. The Balaban J connectivity index is 1.87. The van der Waals surface area contributed by atoms with Crippen LogP contribution in [0.3, 0.4) is 0 Å². The second-order valence-electron chi connectivity index (χ2n) is 4.38. The number of nitrogen functional groups attached to an aromatic ring is 1. The van der Waals surface area contributed by atoms with Crippen molar-refractivity contribution in [3.63, 3.8) is 0 Å². The third-order valence-corrected chi connectivity index (χ3v) is 3.01. The molecule has 2 heterocycles. The van der Waals surface area contributed by atoms with Gasteiger partial charge in [0.15, 0.2) is 5.75 Å². The summed E-state index contributed by atoms with van der Waals surface area (Å²) in [4.78, 5) is 15.2. The van der Waals surface area contributed by atoms with E-state index in [0.717, 1.165) is 17.7 Å². The van der Waals surface area contributed by atoms with Crippen molar-refractivity contribution in [1.82, 2.24) is 4.98 Å². The number of carbonyl (C=O) groups excluding carboxylic acids is 1. The van der Waals surface area contributed by atoms with Gasteiger partial charge in [-0.3, -0.25) is 9.78 Å². The molecule has 0 fully saturated rings. The van der Waals surface area contributed by atoms with E-state index in [4.69, 9.17) is 10.5 Å². The summed E-state index contributed by atoms with van der Waals surface area (Å²) in [5, 5.41) is 2.83. The largest absolute Gasteiger partial charge is 0.455 e. The smallest absolute Gasteiger partial charge is 0.224 e. The summed E-state index contributed by atoms with van der Waals surface area (Å²) in [6.07, 6.45) is 4.41. The molecule has 1 aliphatic rings. The second kappa shape index (κ2) is 4.61. The Hall–Kier alpha value is -2.56. The molecule has 0 bridgehead atoms. The molecule has 5 heteroatoms. The standard InChI is InChI=1S/C14H13N3O2/c15-11-8-16-6-5-13(11)19-10-2-3-12-9(7-10)1-4-14(18)17-12/h2-3,5-8H,1,4,15H2,(H,17,18). The third-order valence-electron chi connectivity index (χ3n) is 3.01. The van der Waals surface area contributed by atoms with E-state index in [1.165, 1.54) is 0 Å². The number of nitrogens with one attached hydrogen (secondary N) is 1. The average Bonchev–Trinajstić information content (AvgIpc) is 2.41. The van der Waals surface area contributed by atoms with Crippen LogP contribution in [0.25, 0.3) is 0 Å². The van der Waals surface area contributed by atoms with Crippen molar-refractivity contribution in [3.05, 3.63) is 42.2 Å². The Morgan fingerprint density at radius 2 is 2.16 bits per heavy atom. The highest BCUT2D eigenvalue weighted by Gasteiger charge is 2.15. The molecule has 5 nitrogen and oxygen atoms in total. The van der Waals surface area contributed by atoms with Gasteiger partial charge in [-0.05, 0) is 30.2 Å².